The maximum absolute atomic E-state index is 12.1. The second kappa shape index (κ2) is 5.39. The van der Waals surface area contributed by atoms with E-state index < -0.39 is 10.2 Å². The topological polar surface area (TPSA) is 66.6 Å². The van der Waals surface area contributed by atoms with Crippen molar-refractivity contribution in [1.82, 2.24) is 8.61 Å². The summed E-state index contributed by atoms with van der Waals surface area (Å²) in [7, 11) is -0.369. The molecule has 0 saturated heterocycles. The Hall–Kier alpha value is -0.240. The zero-order valence-corrected chi connectivity index (χ0v) is 11.4. The first-order valence-corrected chi connectivity index (χ1v) is 7.14. The second-order valence-electron chi connectivity index (χ2n) is 4.24. The Balaban J connectivity index is 2.90. The van der Waals surface area contributed by atoms with E-state index in [9.17, 15) is 8.42 Å². The Morgan fingerprint density at radius 2 is 1.88 bits per heavy atom. The van der Waals surface area contributed by atoms with Gasteiger partial charge in [-0.25, -0.2) is 0 Å². The minimum atomic E-state index is -3.42. The van der Waals surface area contributed by atoms with Crippen LogP contribution in [0, 0.1) is 0 Å². The molecule has 2 N–H and O–H groups in total. The molecule has 1 rings (SSSR count). The lowest BCUT2D eigenvalue weighted by atomic mass is 10.2. The zero-order chi connectivity index (χ0) is 12.3. The molecule has 0 heterocycles. The number of hydrogen-bond donors (Lipinski definition) is 1. The third kappa shape index (κ3) is 3.13. The Morgan fingerprint density at radius 3 is 2.25 bits per heavy atom. The van der Waals surface area contributed by atoms with Crippen molar-refractivity contribution in [3.05, 3.63) is 0 Å². The molecule has 16 heavy (non-hydrogen) atoms. The number of hydrogen-bond acceptors (Lipinski definition) is 3. The molecule has 0 aromatic heterocycles. The quantitative estimate of drug-likeness (QED) is 0.727. The minimum absolute atomic E-state index is 0.0499. The molecule has 0 atom stereocenters. The second-order valence-corrected chi connectivity index (χ2v) is 6.86. The third-order valence-corrected chi connectivity index (χ3v) is 4.87. The highest BCUT2D eigenvalue weighted by Gasteiger charge is 2.33. The summed E-state index contributed by atoms with van der Waals surface area (Å²) in [6.07, 6.45) is 3.94. The Labute approximate surface area is 103 Å². The van der Waals surface area contributed by atoms with E-state index in [4.69, 9.17) is 18.0 Å². The zero-order valence-electron chi connectivity index (χ0n) is 9.72. The molecular weight excluding hydrogens is 246 g/mol. The molecule has 5 nitrogen and oxygen atoms in total. The van der Waals surface area contributed by atoms with Crippen LogP contribution in [-0.2, 0) is 10.2 Å². The predicted molar refractivity (Wildman–Crippen MR) is 68.4 cm³/mol. The molecule has 0 spiro atoms. The standard InChI is InChI=1S/C9H19N3O2S2/c1-11(2)16(13,14)12(7-9(10)15)8-5-3-4-6-8/h8H,3-7H2,1-2H3,(H2,10,15). The Kier molecular flexibility index (Phi) is 4.66. The van der Waals surface area contributed by atoms with Gasteiger partial charge in [-0.15, -0.1) is 0 Å². The van der Waals surface area contributed by atoms with Crippen LogP contribution in [0.3, 0.4) is 0 Å². The molecule has 0 unspecified atom stereocenters. The van der Waals surface area contributed by atoms with Gasteiger partial charge in [0, 0.05) is 20.1 Å². The average molecular weight is 265 g/mol. The van der Waals surface area contributed by atoms with Gasteiger partial charge in [-0.1, -0.05) is 25.1 Å². The van der Waals surface area contributed by atoms with Crippen LogP contribution in [0.5, 0.6) is 0 Å². The third-order valence-electron chi connectivity index (χ3n) is 2.80. The van der Waals surface area contributed by atoms with E-state index in [2.05, 4.69) is 0 Å². The summed E-state index contributed by atoms with van der Waals surface area (Å²) in [5.41, 5.74) is 5.46. The number of nitrogens with zero attached hydrogens (tertiary/aromatic N) is 2. The molecule has 0 amide bonds. The van der Waals surface area contributed by atoms with E-state index >= 15 is 0 Å². The molecule has 1 aliphatic carbocycles. The molecule has 0 bridgehead atoms. The van der Waals surface area contributed by atoms with E-state index in [-0.39, 0.29) is 17.6 Å². The molecule has 0 aromatic carbocycles. The first-order valence-electron chi connectivity index (χ1n) is 5.33. The molecule has 1 fully saturated rings. The first-order chi connectivity index (χ1) is 7.35. The van der Waals surface area contributed by atoms with Crippen LogP contribution in [0.4, 0.5) is 0 Å². The van der Waals surface area contributed by atoms with Crippen LogP contribution in [0.15, 0.2) is 0 Å². The number of nitrogens with two attached hydrogens (primary N) is 1. The predicted octanol–water partition coefficient (Wildman–Crippen LogP) is 0.324. The summed E-state index contributed by atoms with van der Waals surface area (Å²) in [6.45, 7) is 0.139. The lowest BCUT2D eigenvalue weighted by Crippen LogP contribution is -2.48. The SMILES string of the molecule is CN(C)S(=O)(=O)N(CC(N)=S)C1CCCC1. The van der Waals surface area contributed by atoms with Crippen molar-refractivity contribution in [3.63, 3.8) is 0 Å². The summed E-state index contributed by atoms with van der Waals surface area (Å²) in [5, 5.41) is 0. The van der Waals surface area contributed by atoms with Gasteiger partial charge < -0.3 is 5.73 Å². The van der Waals surface area contributed by atoms with E-state index in [1.807, 2.05) is 0 Å². The number of rotatable bonds is 5. The van der Waals surface area contributed by atoms with Crippen LogP contribution < -0.4 is 5.73 Å². The fraction of sp³-hybridized carbons (Fsp3) is 0.889. The van der Waals surface area contributed by atoms with Gasteiger partial charge in [0.1, 0.15) is 0 Å². The monoisotopic (exact) mass is 265 g/mol. The van der Waals surface area contributed by atoms with Gasteiger partial charge in [-0.05, 0) is 12.8 Å². The van der Waals surface area contributed by atoms with Crippen molar-refractivity contribution < 1.29 is 8.42 Å². The largest absolute Gasteiger partial charge is 0.392 e. The fourth-order valence-electron chi connectivity index (χ4n) is 1.95. The van der Waals surface area contributed by atoms with E-state index in [0.29, 0.717) is 0 Å². The highest BCUT2D eigenvalue weighted by molar-refractivity contribution is 7.86. The number of thiocarbonyl (C=S) groups is 1. The summed E-state index contributed by atoms with van der Waals surface area (Å²) >= 11 is 4.82. The summed E-state index contributed by atoms with van der Waals surface area (Å²) in [5.74, 6) is 0. The van der Waals surface area contributed by atoms with Crippen LogP contribution in [0.25, 0.3) is 0 Å². The highest BCUT2D eigenvalue weighted by atomic mass is 32.2. The van der Waals surface area contributed by atoms with Gasteiger partial charge in [0.25, 0.3) is 10.2 Å². The molecule has 7 heteroatoms. The maximum Gasteiger partial charge on any atom is 0.282 e. The van der Waals surface area contributed by atoms with Crippen LogP contribution >= 0.6 is 12.2 Å². The lowest BCUT2D eigenvalue weighted by Gasteiger charge is -2.29. The maximum atomic E-state index is 12.1. The van der Waals surface area contributed by atoms with Crippen molar-refractivity contribution in [3.8, 4) is 0 Å². The van der Waals surface area contributed by atoms with Crippen LogP contribution in [-0.4, -0.2) is 48.7 Å². The molecule has 0 aromatic rings. The molecule has 0 aliphatic heterocycles. The van der Waals surface area contributed by atoms with Gasteiger partial charge in [0.2, 0.25) is 0 Å². The van der Waals surface area contributed by atoms with E-state index in [0.717, 1.165) is 25.7 Å². The van der Waals surface area contributed by atoms with Crippen LogP contribution in [0.1, 0.15) is 25.7 Å². The smallest absolute Gasteiger partial charge is 0.282 e. The molecule has 1 aliphatic rings. The first kappa shape index (κ1) is 13.8. The summed E-state index contributed by atoms with van der Waals surface area (Å²) in [4.78, 5) is 0.220. The van der Waals surface area contributed by atoms with E-state index in [1.54, 1.807) is 0 Å². The normalized spacial score (nSPS) is 18.5. The summed E-state index contributed by atoms with van der Waals surface area (Å²) < 4.78 is 26.8. The van der Waals surface area contributed by atoms with E-state index in [1.165, 1.54) is 22.7 Å². The van der Waals surface area contributed by atoms with Crippen molar-refractivity contribution in [1.29, 1.82) is 0 Å². The van der Waals surface area contributed by atoms with Gasteiger partial charge in [-0.2, -0.15) is 17.0 Å². The lowest BCUT2D eigenvalue weighted by molar-refractivity contribution is 0.330. The van der Waals surface area contributed by atoms with Gasteiger partial charge >= 0.3 is 0 Å². The van der Waals surface area contributed by atoms with Gasteiger partial charge in [0.15, 0.2) is 0 Å². The summed E-state index contributed by atoms with van der Waals surface area (Å²) in [6, 6.07) is 0.0499. The molecule has 0 radical (unpaired) electrons. The minimum Gasteiger partial charge on any atom is -0.392 e. The van der Waals surface area contributed by atoms with Gasteiger partial charge in [0.05, 0.1) is 11.5 Å². The fourth-order valence-corrected chi connectivity index (χ4v) is 3.48. The van der Waals surface area contributed by atoms with Gasteiger partial charge in [-0.3, -0.25) is 0 Å². The van der Waals surface area contributed by atoms with Crippen LogP contribution in [0.2, 0.25) is 0 Å². The highest BCUT2D eigenvalue weighted by Crippen LogP contribution is 2.26. The van der Waals surface area contributed by atoms with Crippen molar-refractivity contribution >= 4 is 27.4 Å². The molecule has 94 valence electrons. The molecular formula is C9H19N3O2S2. The Bertz CT molecular complexity index is 348. The van der Waals surface area contributed by atoms with Crippen molar-refractivity contribution in [2.45, 2.75) is 31.7 Å². The average Bonchev–Trinajstić information content (AvgIpc) is 2.65. The van der Waals surface area contributed by atoms with Crippen molar-refractivity contribution in [2.24, 2.45) is 5.73 Å². The Morgan fingerprint density at radius 1 is 1.38 bits per heavy atom. The molecule has 1 saturated carbocycles. The van der Waals surface area contributed by atoms with Crippen molar-refractivity contribution in [2.75, 3.05) is 20.6 Å².